The van der Waals surface area contributed by atoms with Crippen LogP contribution in [0.1, 0.15) is 38.6 Å². The van der Waals surface area contributed by atoms with Gasteiger partial charge in [0.15, 0.2) is 0 Å². The molecule has 0 spiro atoms. The predicted molar refractivity (Wildman–Crippen MR) is 121 cm³/mol. The number of nitrogens with zero attached hydrogens (tertiary/aromatic N) is 3. The van der Waals surface area contributed by atoms with Crippen LogP contribution in [0.2, 0.25) is 0 Å². The van der Waals surface area contributed by atoms with E-state index in [-0.39, 0.29) is 11.0 Å². The Kier molecular flexibility index (Phi) is 6.21. The SMILES string of the molecule is CNC(=O)c1cccc(C2C(C(O)c3ccc(OC)cc3)C(=O)C(=O)N2c2nnc(C)s2)c1. The molecule has 2 heterocycles. The minimum absolute atomic E-state index is 0.255. The van der Waals surface area contributed by atoms with Crippen LogP contribution in [0.5, 0.6) is 5.75 Å². The van der Waals surface area contributed by atoms with Gasteiger partial charge in [-0.2, -0.15) is 0 Å². The van der Waals surface area contributed by atoms with E-state index in [4.69, 9.17) is 4.74 Å². The number of aryl methyl sites for hydroxylation is 1. The van der Waals surface area contributed by atoms with Crippen molar-refractivity contribution in [3.8, 4) is 5.75 Å². The zero-order chi connectivity index (χ0) is 23.7. The largest absolute Gasteiger partial charge is 0.497 e. The van der Waals surface area contributed by atoms with E-state index in [1.165, 1.54) is 30.4 Å². The normalized spacial score (nSPS) is 19.0. The Morgan fingerprint density at radius 2 is 1.91 bits per heavy atom. The Hall–Kier alpha value is -3.63. The van der Waals surface area contributed by atoms with Gasteiger partial charge in [0, 0.05) is 12.6 Å². The molecular formula is C23H22N4O5S. The van der Waals surface area contributed by atoms with Crippen LogP contribution in [0.4, 0.5) is 5.13 Å². The summed E-state index contributed by atoms with van der Waals surface area (Å²) in [4.78, 5) is 39.8. The maximum atomic E-state index is 13.2. The topological polar surface area (TPSA) is 122 Å². The molecule has 1 aliphatic heterocycles. The number of aliphatic hydroxyl groups is 1. The van der Waals surface area contributed by atoms with E-state index < -0.39 is 29.8 Å². The Balaban J connectivity index is 1.83. The van der Waals surface area contributed by atoms with Gasteiger partial charge in [0.2, 0.25) is 10.9 Å². The molecule has 0 bridgehead atoms. The molecule has 2 amide bonds. The summed E-state index contributed by atoms with van der Waals surface area (Å²) in [6.07, 6.45) is -1.28. The van der Waals surface area contributed by atoms with Gasteiger partial charge in [-0.15, -0.1) is 10.2 Å². The first-order valence-corrected chi connectivity index (χ1v) is 11.0. The highest BCUT2D eigenvalue weighted by Crippen LogP contribution is 2.46. The summed E-state index contributed by atoms with van der Waals surface area (Å²) < 4.78 is 5.16. The summed E-state index contributed by atoms with van der Waals surface area (Å²) in [5, 5.41) is 22.7. The Bertz CT molecular complexity index is 1210. The fourth-order valence-electron chi connectivity index (χ4n) is 3.97. The van der Waals surface area contributed by atoms with Crippen molar-refractivity contribution in [1.29, 1.82) is 0 Å². The fraction of sp³-hybridized carbons (Fsp3) is 0.261. The number of carbonyl (C=O) groups excluding carboxylic acids is 3. The number of ether oxygens (including phenoxy) is 1. The molecule has 1 aliphatic rings. The number of rotatable bonds is 6. The van der Waals surface area contributed by atoms with Crippen LogP contribution in [0.15, 0.2) is 48.5 Å². The number of amides is 2. The summed E-state index contributed by atoms with van der Waals surface area (Å²) in [5.74, 6) is -2.34. The molecule has 0 radical (unpaired) electrons. The van der Waals surface area contributed by atoms with E-state index in [0.29, 0.717) is 27.4 Å². The van der Waals surface area contributed by atoms with E-state index in [1.54, 1.807) is 55.5 Å². The molecule has 0 saturated carbocycles. The van der Waals surface area contributed by atoms with Crippen molar-refractivity contribution in [2.24, 2.45) is 5.92 Å². The molecule has 0 aliphatic carbocycles. The lowest BCUT2D eigenvalue weighted by Gasteiger charge is -2.28. The predicted octanol–water partition coefficient (Wildman–Crippen LogP) is 2.22. The number of Topliss-reactive ketones (excluding diaryl/α,β-unsaturated/α-hetero) is 1. The lowest BCUT2D eigenvalue weighted by atomic mass is 9.84. The van der Waals surface area contributed by atoms with Crippen LogP contribution in [0, 0.1) is 12.8 Å². The van der Waals surface area contributed by atoms with Gasteiger partial charge in [0.1, 0.15) is 10.8 Å². The molecule has 33 heavy (non-hydrogen) atoms. The highest BCUT2D eigenvalue weighted by molar-refractivity contribution is 7.15. The lowest BCUT2D eigenvalue weighted by molar-refractivity contribution is -0.137. The van der Waals surface area contributed by atoms with Crippen molar-refractivity contribution >= 4 is 34.1 Å². The molecular weight excluding hydrogens is 444 g/mol. The van der Waals surface area contributed by atoms with E-state index in [9.17, 15) is 19.5 Å². The third-order valence-corrected chi connectivity index (χ3v) is 6.42. The average Bonchev–Trinajstić information content (AvgIpc) is 3.38. The van der Waals surface area contributed by atoms with E-state index in [1.807, 2.05) is 0 Å². The van der Waals surface area contributed by atoms with Crippen molar-refractivity contribution in [2.75, 3.05) is 19.1 Å². The number of aromatic nitrogens is 2. The summed E-state index contributed by atoms with van der Waals surface area (Å²) in [5.41, 5.74) is 1.36. The summed E-state index contributed by atoms with van der Waals surface area (Å²) in [7, 11) is 3.05. The first-order chi connectivity index (χ1) is 15.8. The number of ketones is 1. The second kappa shape index (κ2) is 9.08. The van der Waals surface area contributed by atoms with E-state index in [2.05, 4.69) is 15.5 Å². The monoisotopic (exact) mass is 466 g/mol. The van der Waals surface area contributed by atoms with Gasteiger partial charge in [-0.05, 0) is 42.3 Å². The fourth-order valence-corrected chi connectivity index (χ4v) is 4.69. The van der Waals surface area contributed by atoms with Crippen molar-refractivity contribution in [2.45, 2.75) is 19.1 Å². The van der Waals surface area contributed by atoms with Crippen LogP contribution >= 0.6 is 11.3 Å². The van der Waals surface area contributed by atoms with Crippen LogP contribution < -0.4 is 15.0 Å². The second-order valence-corrected chi connectivity index (χ2v) is 8.70. The zero-order valence-electron chi connectivity index (χ0n) is 18.2. The van der Waals surface area contributed by atoms with E-state index in [0.717, 1.165) is 0 Å². The zero-order valence-corrected chi connectivity index (χ0v) is 19.0. The smallest absolute Gasteiger partial charge is 0.297 e. The molecule has 4 rings (SSSR count). The highest BCUT2D eigenvalue weighted by Gasteiger charge is 2.53. The molecule has 170 valence electrons. The van der Waals surface area contributed by atoms with Crippen LogP contribution in [-0.4, -0.2) is 47.1 Å². The quantitative estimate of drug-likeness (QED) is 0.534. The molecule has 3 unspecified atom stereocenters. The summed E-state index contributed by atoms with van der Waals surface area (Å²) >= 11 is 1.17. The van der Waals surface area contributed by atoms with Gasteiger partial charge in [-0.3, -0.25) is 19.3 Å². The van der Waals surface area contributed by atoms with Crippen LogP contribution in [0.3, 0.4) is 0 Å². The Labute approximate surface area is 194 Å². The van der Waals surface area contributed by atoms with E-state index >= 15 is 0 Å². The van der Waals surface area contributed by atoms with Gasteiger partial charge in [0.05, 0.1) is 25.2 Å². The Morgan fingerprint density at radius 3 is 2.52 bits per heavy atom. The van der Waals surface area contributed by atoms with Crippen LogP contribution in [0.25, 0.3) is 0 Å². The number of nitrogens with one attached hydrogen (secondary N) is 1. The molecule has 3 aromatic rings. The van der Waals surface area contributed by atoms with Gasteiger partial charge in [0.25, 0.3) is 11.8 Å². The number of methoxy groups -OCH3 is 1. The van der Waals surface area contributed by atoms with Crippen molar-refractivity contribution in [3.63, 3.8) is 0 Å². The minimum atomic E-state index is -1.28. The molecule has 9 nitrogen and oxygen atoms in total. The highest BCUT2D eigenvalue weighted by atomic mass is 32.1. The number of anilines is 1. The number of hydrogen-bond donors (Lipinski definition) is 2. The lowest BCUT2D eigenvalue weighted by Crippen LogP contribution is -2.30. The number of benzene rings is 2. The van der Waals surface area contributed by atoms with Gasteiger partial charge < -0.3 is 15.2 Å². The second-order valence-electron chi connectivity index (χ2n) is 7.54. The standard InChI is InChI=1S/C23H22N4O5S/c1-12-25-26-23(33-12)27-18(14-5-4-6-15(11-14)21(30)24-2)17(20(29)22(27)31)19(28)13-7-9-16(32-3)10-8-13/h4-11,17-19,28H,1-3H3,(H,24,30). The van der Waals surface area contributed by atoms with Gasteiger partial charge >= 0.3 is 0 Å². The maximum absolute atomic E-state index is 13.2. The first-order valence-electron chi connectivity index (χ1n) is 10.2. The molecule has 1 saturated heterocycles. The third-order valence-electron chi connectivity index (χ3n) is 5.59. The molecule has 3 atom stereocenters. The average molecular weight is 467 g/mol. The summed E-state index contributed by atoms with van der Waals surface area (Å²) in [6.45, 7) is 1.74. The summed E-state index contributed by atoms with van der Waals surface area (Å²) in [6, 6.07) is 12.4. The molecule has 1 aromatic heterocycles. The molecule has 2 aromatic carbocycles. The van der Waals surface area contributed by atoms with Gasteiger partial charge in [-0.1, -0.05) is 35.6 Å². The van der Waals surface area contributed by atoms with Gasteiger partial charge in [-0.25, -0.2) is 0 Å². The van der Waals surface area contributed by atoms with Crippen molar-refractivity contribution < 1.29 is 24.2 Å². The first kappa shape index (κ1) is 22.6. The maximum Gasteiger partial charge on any atom is 0.297 e. The number of carbonyl (C=O) groups is 3. The molecule has 10 heteroatoms. The molecule has 2 N–H and O–H groups in total. The Morgan fingerprint density at radius 1 is 1.18 bits per heavy atom. The minimum Gasteiger partial charge on any atom is -0.497 e. The van der Waals surface area contributed by atoms with Crippen molar-refractivity contribution in [1.82, 2.24) is 15.5 Å². The number of hydrogen-bond acceptors (Lipinski definition) is 8. The van der Waals surface area contributed by atoms with Crippen molar-refractivity contribution in [3.05, 3.63) is 70.2 Å². The van der Waals surface area contributed by atoms with Crippen LogP contribution in [-0.2, 0) is 9.59 Å². The molecule has 1 fully saturated rings. The third kappa shape index (κ3) is 4.10. The number of aliphatic hydroxyl groups excluding tert-OH is 1.